The standard InChI is InChI=1S/C30H36ClN3O4S/c1-4-5-17-32-30(36)28(20-24-12-7-6-8-13-24)33(21-25-14-10-15-26(31)19-25)29(35)22-34(39(3,37)38)27-16-9-11-23(2)18-27/h6-16,18-19,28H,4-5,17,20-22H2,1-3H3,(H,32,36)/t28-/m0/s1. The van der Waals surface area contributed by atoms with Gasteiger partial charge in [0.2, 0.25) is 21.8 Å². The number of amides is 2. The van der Waals surface area contributed by atoms with E-state index in [1.807, 2.05) is 56.3 Å². The van der Waals surface area contributed by atoms with Crippen molar-refractivity contribution in [1.82, 2.24) is 10.2 Å². The van der Waals surface area contributed by atoms with Gasteiger partial charge in [-0.05, 0) is 54.3 Å². The highest BCUT2D eigenvalue weighted by molar-refractivity contribution is 7.92. The van der Waals surface area contributed by atoms with Crippen molar-refractivity contribution in [3.05, 3.63) is 101 Å². The van der Waals surface area contributed by atoms with Gasteiger partial charge in [0.15, 0.2) is 0 Å². The molecule has 9 heteroatoms. The van der Waals surface area contributed by atoms with Crippen LogP contribution in [0.2, 0.25) is 5.02 Å². The zero-order valence-corrected chi connectivity index (χ0v) is 24.2. The molecule has 3 aromatic rings. The van der Waals surface area contributed by atoms with Gasteiger partial charge in [-0.25, -0.2) is 8.42 Å². The number of halogens is 1. The summed E-state index contributed by atoms with van der Waals surface area (Å²) in [7, 11) is -3.80. The second-order valence-corrected chi connectivity index (χ2v) is 12.0. The van der Waals surface area contributed by atoms with Gasteiger partial charge in [-0.15, -0.1) is 0 Å². The van der Waals surface area contributed by atoms with Crippen LogP contribution in [0.3, 0.4) is 0 Å². The largest absolute Gasteiger partial charge is 0.354 e. The van der Waals surface area contributed by atoms with E-state index in [1.54, 1.807) is 36.4 Å². The Labute approximate surface area is 236 Å². The van der Waals surface area contributed by atoms with Gasteiger partial charge in [0.05, 0.1) is 11.9 Å². The van der Waals surface area contributed by atoms with E-state index in [4.69, 9.17) is 11.6 Å². The third kappa shape index (κ3) is 9.11. The predicted octanol–water partition coefficient (Wildman–Crippen LogP) is 4.97. The van der Waals surface area contributed by atoms with Crippen molar-refractivity contribution in [3.63, 3.8) is 0 Å². The summed E-state index contributed by atoms with van der Waals surface area (Å²) < 4.78 is 26.7. The highest BCUT2D eigenvalue weighted by Gasteiger charge is 2.33. The summed E-state index contributed by atoms with van der Waals surface area (Å²) in [5.41, 5.74) is 2.87. The third-order valence-electron chi connectivity index (χ3n) is 6.31. The molecule has 0 fully saturated rings. The van der Waals surface area contributed by atoms with Crippen LogP contribution in [0.4, 0.5) is 5.69 Å². The molecule has 0 saturated heterocycles. The lowest BCUT2D eigenvalue weighted by Crippen LogP contribution is -2.53. The number of aryl methyl sites for hydroxylation is 1. The van der Waals surface area contributed by atoms with Gasteiger partial charge >= 0.3 is 0 Å². The van der Waals surface area contributed by atoms with Crippen LogP contribution in [0.1, 0.15) is 36.5 Å². The van der Waals surface area contributed by atoms with E-state index in [1.165, 1.54) is 4.90 Å². The maximum atomic E-state index is 14.0. The Morgan fingerprint density at radius 2 is 1.64 bits per heavy atom. The first-order chi connectivity index (χ1) is 18.6. The van der Waals surface area contributed by atoms with Crippen molar-refractivity contribution in [2.24, 2.45) is 0 Å². The minimum atomic E-state index is -3.80. The van der Waals surface area contributed by atoms with E-state index in [-0.39, 0.29) is 18.9 Å². The lowest BCUT2D eigenvalue weighted by Gasteiger charge is -2.33. The molecule has 0 aromatic heterocycles. The molecule has 0 aliphatic heterocycles. The lowest BCUT2D eigenvalue weighted by molar-refractivity contribution is -0.140. The van der Waals surface area contributed by atoms with Crippen LogP contribution in [0.5, 0.6) is 0 Å². The molecule has 0 aliphatic rings. The average Bonchev–Trinajstić information content (AvgIpc) is 2.89. The number of nitrogens with one attached hydrogen (secondary N) is 1. The van der Waals surface area contributed by atoms with Crippen LogP contribution in [-0.2, 0) is 32.6 Å². The number of benzene rings is 3. The van der Waals surface area contributed by atoms with E-state index in [0.29, 0.717) is 17.3 Å². The van der Waals surface area contributed by atoms with E-state index in [2.05, 4.69) is 5.32 Å². The summed E-state index contributed by atoms with van der Waals surface area (Å²) in [6.45, 7) is 4.01. The smallest absolute Gasteiger partial charge is 0.244 e. The van der Waals surface area contributed by atoms with Gasteiger partial charge in [-0.3, -0.25) is 13.9 Å². The number of sulfonamides is 1. The van der Waals surface area contributed by atoms with Gasteiger partial charge in [0, 0.05) is 24.5 Å². The third-order valence-corrected chi connectivity index (χ3v) is 7.69. The topological polar surface area (TPSA) is 86.8 Å². The molecule has 0 heterocycles. The number of unbranched alkanes of at least 4 members (excludes halogenated alkanes) is 1. The molecular weight excluding hydrogens is 534 g/mol. The predicted molar refractivity (Wildman–Crippen MR) is 157 cm³/mol. The van der Waals surface area contributed by atoms with Crippen molar-refractivity contribution in [1.29, 1.82) is 0 Å². The van der Waals surface area contributed by atoms with E-state index < -0.39 is 28.5 Å². The Morgan fingerprint density at radius 3 is 2.28 bits per heavy atom. The van der Waals surface area contributed by atoms with E-state index in [9.17, 15) is 18.0 Å². The van der Waals surface area contributed by atoms with Crippen molar-refractivity contribution in [3.8, 4) is 0 Å². The second-order valence-electron chi connectivity index (χ2n) is 9.61. The van der Waals surface area contributed by atoms with Gasteiger partial charge < -0.3 is 10.2 Å². The SMILES string of the molecule is CCCCNC(=O)[C@H](Cc1ccccc1)N(Cc1cccc(Cl)c1)C(=O)CN(c1cccc(C)c1)S(C)(=O)=O. The van der Waals surface area contributed by atoms with Crippen LogP contribution in [0, 0.1) is 6.92 Å². The number of carbonyl (C=O) groups is 2. The maximum absolute atomic E-state index is 14.0. The van der Waals surface area contributed by atoms with Gasteiger partial charge in [-0.1, -0.05) is 79.5 Å². The first-order valence-corrected chi connectivity index (χ1v) is 15.2. The average molecular weight is 570 g/mol. The summed E-state index contributed by atoms with van der Waals surface area (Å²) in [4.78, 5) is 29.0. The number of hydrogen-bond donors (Lipinski definition) is 1. The van der Waals surface area contributed by atoms with Crippen LogP contribution >= 0.6 is 11.6 Å². The Balaban J connectivity index is 2.03. The fraction of sp³-hybridized carbons (Fsp3) is 0.333. The molecule has 1 atom stereocenters. The van der Waals surface area contributed by atoms with Gasteiger partial charge in [0.1, 0.15) is 12.6 Å². The number of nitrogens with zero attached hydrogens (tertiary/aromatic N) is 2. The Kier molecular flexibility index (Phi) is 10.9. The molecule has 3 aromatic carbocycles. The molecule has 0 bridgehead atoms. The van der Waals surface area contributed by atoms with Crippen molar-refractivity contribution in [2.45, 2.75) is 45.7 Å². The van der Waals surface area contributed by atoms with Crippen molar-refractivity contribution >= 4 is 39.1 Å². The monoisotopic (exact) mass is 569 g/mol. The Bertz CT molecular complexity index is 1370. The quantitative estimate of drug-likeness (QED) is 0.294. The maximum Gasteiger partial charge on any atom is 0.244 e. The zero-order valence-electron chi connectivity index (χ0n) is 22.6. The number of hydrogen-bond acceptors (Lipinski definition) is 4. The minimum absolute atomic E-state index is 0.0868. The highest BCUT2D eigenvalue weighted by Crippen LogP contribution is 2.22. The summed E-state index contributed by atoms with van der Waals surface area (Å²) in [6.07, 6.45) is 3.06. The molecule has 39 heavy (non-hydrogen) atoms. The fourth-order valence-electron chi connectivity index (χ4n) is 4.29. The molecule has 7 nitrogen and oxygen atoms in total. The molecular formula is C30H36ClN3O4S. The summed E-state index contributed by atoms with van der Waals surface area (Å²) in [5.74, 6) is -0.780. The normalized spacial score (nSPS) is 12.0. The van der Waals surface area contributed by atoms with Gasteiger partial charge in [-0.2, -0.15) is 0 Å². The van der Waals surface area contributed by atoms with Crippen LogP contribution in [0.15, 0.2) is 78.9 Å². The molecule has 0 aliphatic carbocycles. The summed E-state index contributed by atoms with van der Waals surface area (Å²) >= 11 is 6.23. The number of rotatable bonds is 13. The number of carbonyl (C=O) groups excluding carboxylic acids is 2. The van der Waals surface area contributed by atoms with Crippen LogP contribution in [-0.4, -0.2) is 50.5 Å². The van der Waals surface area contributed by atoms with Crippen LogP contribution in [0.25, 0.3) is 0 Å². The molecule has 1 N–H and O–H groups in total. The first-order valence-electron chi connectivity index (χ1n) is 13.0. The summed E-state index contributed by atoms with van der Waals surface area (Å²) in [6, 6.07) is 22.7. The fourth-order valence-corrected chi connectivity index (χ4v) is 5.34. The zero-order chi connectivity index (χ0) is 28.4. The molecule has 0 unspecified atom stereocenters. The lowest BCUT2D eigenvalue weighted by atomic mass is 10.0. The van der Waals surface area contributed by atoms with Crippen molar-refractivity contribution < 1.29 is 18.0 Å². The molecule has 0 saturated carbocycles. The molecule has 0 radical (unpaired) electrons. The van der Waals surface area contributed by atoms with Crippen LogP contribution < -0.4 is 9.62 Å². The molecule has 3 rings (SSSR count). The van der Waals surface area contributed by atoms with E-state index >= 15 is 0 Å². The highest BCUT2D eigenvalue weighted by atomic mass is 35.5. The Morgan fingerprint density at radius 1 is 0.949 bits per heavy atom. The van der Waals surface area contributed by atoms with E-state index in [0.717, 1.165) is 40.1 Å². The Hall–Kier alpha value is -3.36. The minimum Gasteiger partial charge on any atom is -0.354 e. The van der Waals surface area contributed by atoms with Gasteiger partial charge in [0.25, 0.3) is 0 Å². The molecule has 208 valence electrons. The second kappa shape index (κ2) is 14.1. The molecule has 2 amide bonds. The van der Waals surface area contributed by atoms with Crippen molar-refractivity contribution in [2.75, 3.05) is 23.7 Å². The summed E-state index contributed by atoms with van der Waals surface area (Å²) in [5, 5.41) is 3.47. The number of anilines is 1. The molecule has 0 spiro atoms. The first kappa shape index (κ1) is 30.2.